The van der Waals surface area contributed by atoms with Gasteiger partial charge in [0, 0.05) is 25.5 Å². The maximum atomic E-state index is 13.0. The number of rotatable bonds is 5. The molecule has 1 amide bonds. The van der Waals surface area contributed by atoms with E-state index in [0.29, 0.717) is 17.2 Å². The lowest BCUT2D eigenvalue weighted by molar-refractivity contribution is -0.117. The molecule has 7 nitrogen and oxygen atoms in total. The highest BCUT2D eigenvalue weighted by Crippen LogP contribution is 2.42. The number of furan rings is 2. The van der Waals surface area contributed by atoms with E-state index >= 15 is 0 Å². The van der Waals surface area contributed by atoms with Gasteiger partial charge in [0.15, 0.2) is 11.5 Å². The number of hydrogen-bond acceptors (Lipinski definition) is 6. The summed E-state index contributed by atoms with van der Waals surface area (Å²) in [5.41, 5.74) is 1.42. The summed E-state index contributed by atoms with van der Waals surface area (Å²) in [5.74, 6) is -0.790. The first-order valence-corrected chi connectivity index (χ1v) is 9.07. The first-order chi connectivity index (χ1) is 13.9. The van der Waals surface area contributed by atoms with Crippen LogP contribution in [0.2, 0.25) is 0 Å². The van der Waals surface area contributed by atoms with Gasteiger partial charge in [-0.2, -0.15) is 0 Å². The Morgan fingerprint density at radius 1 is 1.10 bits per heavy atom. The van der Waals surface area contributed by atoms with Crippen LogP contribution in [0.5, 0.6) is 0 Å². The zero-order chi connectivity index (χ0) is 20.7. The standard InChI is InChI=1S/C22H20N2O5/c1-13-6-11-16(29-13)19-18(20(25)17-5-4-12-28-17)21(26)22(27)24(19)15-9-7-14(8-10-15)23(2)3/h4-12,19,26H,1-3H3. The molecular weight excluding hydrogens is 372 g/mol. The number of aryl methyl sites for hydroxylation is 1. The molecular formula is C22H20N2O5. The second kappa shape index (κ2) is 7.01. The third kappa shape index (κ3) is 3.10. The molecule has 0 radical (unpaired) electrons. The molecule has 0 bridgehead atoms. The van der Waals surface area contributed by atoms with Gasteiger partial charge in [0.2, 0.25) is 5.78 Å². The topological polar surface area (TPSA) is 87.1 Å². The minimum Gasteiger partial charge on any atom is -0.503 e. The maximum Gasteiger partial charge on any atom is 0.294 e. The Labute approximate surface area is 167 Å². The Morgan fingerprint density at radius 2 is 1.83 bits per heavy atom. The summed E-state index contributed by atoms with van der Waals surface area (Å²) in [6.07, 6.45) is 1.37. The average molecular weight is 392 g/mol. The van der Waals surface area contributed by atoms with Gasteiger partial charge in [-0.25, -0.2) is 0 Å². The first-order valence-electron chi connectivity index (χ1n) is 9.07. The normalized spacial score (nSPS) is 16.6. The first kappa shape index (κ1) is 18.6. The van der Waals surface area contributed by atoms with Gasteiger partial charge in [-0.3, -0.25) is 14.5 Å². The highest BCUT2D eigenvalue weighted by molar-refractivity contribution is 6.20. The van der Waals surface area contributed by atoms with E-state index in [2.05, 4.69) is 0 Å². The van der Waals surface area contributed by atoms with Crippen molar-refractivity contribution in [1.29, 1.82) is 0 Å². The summed E-state index contributed by atoms with van der Waals surface area (Å²) in [7, 11) is 3.83. The van der Waals surface area contributed by atoms with Crippen molar-refractivity contribution in [1.82, 2.24) is 0 Å². The summed E-state index contributed by atoms with van der Waals surface area (Å²) < 4.78 is 10.9. The zero-order valence-electron chi connectivity index (χ0n) is 16.2. The summed E-state index contributed by atoms with van der Waals surface area (Å²) in [6, 6.07) is 12.9. The van der Waals surface area contributed by atoms with Crippen molar-refractivity contribution in [2.45, 2.75) is 13.0 Å². The Morgan fingerprint density at radius 3 is 2.38 bits per heavy atom. The number of benzene rings is 1. The molecule has 7 heteroatoms. The Kier molecular flexibility index (Phi) is 4.50. The number of ketones is 1. The molecule has 29 heavy (non-hydrogen) atoms. The van der Waals surface area contributed by atoms with Crippen molar-refractivity contribution in [3.05, 3.63) is 83.4 Å². The van der Waals surface area contributed by atoms with Crippen LogP contribution in [0.25, 0.3) is 0 Å². The van der Waals surface area contributed by atoms with Crippen LogP contribution in [-0.4, -0.2) is 30.9 Å². The number of aliphatic hydroxyl groups excluding tert-OH is 1. The molecule has 0 spiro atoms. The van der Waals surface area contributed by atoms with E-state index in [9.17, 15) is 14.7 Å². The molecule has 0 saturated carbocycles. The molecule has 0 fully saturated rings. The van der Waals surface area contributed by atoms with Crippen molar-refractivity contribution in [2.24, 2.45) is 0 Å². The molecule has 148 valence electrons. The van der Waals surface area contributed by atoms with E-state index in [1.165, 1.54) is 17.2 Å². The number of hydrogen-bond donors (Lipinski definition) is 1. The number of carbonyl (C=O) groups is 2. The maximum absolute atomic E-state index is 13.0. The molecule has 1 atom stereocenters. The fourth-order valence-corrected chi connectivity index (χ4v) is 3.42. The fraction of sp³-hybridized carbons (Fsp3) is 0.182. The van der Waals surface area contributed by atoms with Crippen LogP contribution in [-0.2, 0) is 4.79 Å². The molecule has 1 unspecified atom stereocenters. The molecule has 1 aromatic carbocycles. The lowest BCUT2D eigenvalue weighted by atomic mass is 9.99. The van der Waals surface area contributed by atoms with Gasteiger partial charge in [0.1, 0.15) is 17.6 Å². The lowest BCUT2D eigenvalue weighted by Gasteiger charge is -2.25. The van der Waals surface area contributed by atoms with Crippen LogP contribution in [0.3, 0.4) is 0 Å². The Bertz CT molecular complexity index is 1090. The SMILES string of the molecule is Cc1ccc(C2C(C(=O)c3ccco3)=C(O)C(=O)N2c2ccc(N(C)C)cc2)o1. The molecule has 0 aliphatic carbocycles. The smallest absolute Gasteiger partial charge is 0.294 e. The predicted molar refractivity (Wildman–Crippen MR) is 107 cm³/mol. The van der Waals surface area contributed by atoms with Gasteiger partial charge in [-0.15, -0.1) is 0 Å². The molecule has 1 N–H and O–H groups in total. The van der Waals surface area contributed by atoms with Crippen molar-refractivity contribution < 1.29 is 23.5 Å². The van der Waals surface area contributed by atoms with Crippen LogP contribution >= 0.6 is 0 Å². The van der Waals surface area contributed by atoms with Gasteiger partial charge < -0.3 is 18.8 Å². The molecule has 4 rings (SSSR count). The number of Topliss-reactive ketones (excluding diaryl/α,β-unsaturated/α-hetero) is 1. The molecule has 1 aliphatic rings. The number of carbonyl (C=O) groups excluding carboxylic acids is 2. The van der Waals surface area contributed by atoms with Gasteiger partial charge in [-0.1, -0.05) is 0 Å². The molecule has 3 aromatic rings. The predicted octanol–water partition coefficient (Wildman–Crippen LogP) is 4.03. The van der Waals surface area contributed by atoms with Gasteiger partial charge in [0.25, 0.3) is 5.91 Å². The van der Waals surface area contributed by atoms with Gasteiger partial charge in [-0.05, 0) is 55.5 Å². The van der Waals surface area contributed by atoms with Crippen LogP contribution in [0.4, 0.5) is 11.4 Å². The van der Waals surface area contributed by atoms with E-state index in [1.807, 2.05) is 31.1 Å². The summed E-state index contributed by atoms with van der Waals surface area (Å²) in [5, 5.41) is 10.6. The fourth-order valence-electron chi connectivity index (χ4n) is 3.42. The Balaban J connectivity index is 1.83. The van der Waals surface area contributed by atoms with Crippen LogP contribution in [0, 0.1) is 6.92 Å². The van der Waals surface area contributed by atoms with Crippen LogP contribution in [0.1, 0.15) is 28.1 Å². The summed E-state index contributed by atoms with van der Waals surface area (Å²) in [4.78, 5) is 29.3. The van der Waals surface area contributed by atoms with Gasteiger partial charge in [0.05, 0.1) is 11.8 Å². The summed E-state index contributed by atoms with van der Waals surface area (Å²) in [6.45, 7) is 1.77. The van der Waals surface area contributed by atoms with Crippen LogP contribution < -0.4 is 9.80 Å². The molecule has 3 heterocycles. The molecule has 2 aromatic heterocycles. The van der Waals surface area contributed by atoms with Crippen molar-refractivity contribution in [3.8, 4) is 0 Å². The largest absolute Gasteiger partial charge is 0.503 e. The zero-order valence-corrected chi connectivity index (χ0v) is 16.2. The minimum absolute atomic E-state index is 0.0393. The van der Waals surface area contributed by atoms with E-state index < -0.39 is 23.5 Å². The minimum atomic E-state index is -0.904. The highest BCUT2D eigenvalue weighted by atomic mass is 16.3. The van der Waals surface area contributed by atoms with Crippen molar-refractivity contribution in [2.75, 3.05) is 23.9 Å². The van der Waals surface area contributed by atoms with Crippen molar-refractivity contribution >= 4 is 23.1 Å². The number of aliphatic hydroxyl groups is 1. The van der Waals surface area contributed by atoms with E-state index in [-0.39, 0.29) is 11.3 Å². The third-order valence-corrected chi connectivity index (χ3v) is 4.87. The van der Waals surface area contributed by atoms with E-state index in [1.54, 1.807) is 37.3 Å². The summed E-state index contributed by atoms with van der Waals surface area (Å²) >= 11 is 0. The lowest BCUT2D eigenvalue weighted by Crippen LogP contribution is -2.30. The highest BCUT2D eigenvalue weighted by Gasteiger charge is 2.46. The van der Waals surface area contributed by atoms with Crippen molar-refractivity contribution in [3.63, 3.8) is 0 Å². The number of amides is 1. The average Bonchev–Trinajstić information content (AvgIpc) is 3.43. The third-order valence-electron chi connectivity index (χ3n) is 4.87. The number of anilines is 2. The number of nitrogens with zero attached hydrogens (tertiary/aromatic N) is 2. The van der Waals surface area contributed by atoms with Crippen LogP contribution in [0.15, 0.2) is 75.0 Å². The second-order valence-corrected chi connectivity index (χ2v) is 7.01. The van der Waals surface area contributed by atoms with E-state index in [4.69, 9.17) is 8.83 Å². The van der Waals surface area contributed by atoms with Gasteiger partial charge >= 0.3 is 0 Å². The second-order valence-electron chi connectivity index (χ2n) is 7.01. The van der Waals surface area contributed by atoms with E-state index in [0.717, 1.165) is 5.69 Å². The monoisotopic (exact) mass is 392 g/mol. The molecule has 0 saturated heterocycles. The Hall–Kier alpha value is -3.74. The quantitative estimate of drug-likeness (QED) is 0.660. The molecule has 1 aliphatic heterocycles.